The Morgan fingerprint density at radius 1 is 0.900 bits per heavy atom. The standard InChI is InChI=1S/C17H16N2O/c1-18(2)16-12-17(20)19(13-8-4-3-5-9-13)15-11-7-6-10-14(15)16/h3-12H,1-2H3. The molecule has 0 fully saturated rings. The van der Waals surface area contributed by atoms with E-state index in [-0.39, 0.29) is 5.56 Å². The Kier molecular flexibility index (Phi) is 3.03. The van der Waals surface area contributed by atoms with E-state index in [0.717, 1.165) is 22.3 Å². The van der Waals surface area contributed by atoms with Gasteiger partial charge in [0, 0.05) is 31.2 Å². The minimum atomic E-state index is -0.0152. The third-order valence-corrected chi connectivity index (χ3v) is 3.40. The number of hydrogen-bond acceptors (Lipinski definition) is 2. The zero-order chi connectivity index (χ0) is 14.1. The summed E-state index contributed by atoms with van der Waals surface area (Å²) >= 11 is 0. The fraction of sp³-hybridized carbons (Fsp3) is 0.118. The van der Waals surface area contributed by atoms with E-state index in [0.29, 0.717) is 0 Å². The predicted molar refractivity (Wildman–Crippen MR) is 83.9 cm³/mol. The van der Waals surface area contributed by atoms with Crippen molar-refractivity contribution in [3.05, 3.63) is 71.0 Å². The van der Waals surface area contributed by atoms with Gasteiger partial charge in [0.1, 0.15) is 0 Å². The Bertz CT molecular complexity index is 804. The molecule has 1 heterocycles. The molecule has 100 valence electrons. The zero-order valence-electron chi connectivity index (χ0n) is 11.6. The van der Waals surface area contributed by atoms with Gasteiger partial charge in [0.15, 0.2) is 0 Å². The SMILES string of the molecule is CN(C)c1cc(=O)n(-c2ccccc2)c2ccccc12. The first-order valence-corrected chi connectivity index (χ1v) is 6.56. The first-order valence-electron chi connectivity index (χ1n) is 6.56. The van der Waals surface area contributed by atoms with E-state index in [4.69, 9.17) is 0 Å². The number of rotatable bonds is 2. The molecule has 2 aromatic carbocycles. The van der Waals surface area contributed by atoms with Gasteiger partial charge in [-0.1, -0.05) is 36.4 Å². The smallest absolute Gasteiger partial charge is 0.257 e. The maximum absolute atomic E-state index is 12.5. The van der Waals surface area contributed by atoms with E-state index < -0.39 is 0 Å². The minimum absolute atomic E-state index is 0.0152. The summed E-state index contributed by atoms with van der Waals surface area (Å²) in [6.07, 6.45) is 0. The number of nitrogens with zero attached hydrogens (tertiary/aromatic N) is 2. The van der Waals surface area contributed by atoms with Crippen molar-refractivity contribution in [3.8, 4) is 5.69 Å². The average Bonchev–Trinajstić information content (AvgIpc) is 2.47. The lowest BCUT2D eigenvalue weighted by molar-refractivity contribution is 1.03. The van der Waals surface area contributed by atoms with Crippen LogP contribution in [0.2, 0.25) is 0 Å². The molecule has 0 radical (unpaired) electrons. The highest BCUT2D eigenvalue weighted by atomic mass is 16.1. The van der Waals surface area contributed by atoms with Gasteiger partial charge in [-0.3, -0.25) is 9.36 Å². The summed E-state index contributed by atoms with van der Waals surface area (Å²) in [5.74, 6) is 0. The zero-order valence-corrected chi connectivity index (χ0v) is 11.6. The van der Waals surface area contributed by atoms with Gasteiger partial charge in [0.05, 0.1) is 11.2 Å². The number of benzene rings is 2. The van der Waals surface area contributed by atoms with E-state index in [1.165, 1.54) is 0 Å². The second kappa shape index (κ2) is 4.85. The molecule has 0 aliphatic rings. The molecule has 3 aromatic rings. The summed E-state index contributed by atoms with van der Waals surface area (Å²) in [4.78, 5) is 14.5. The van der Waals surface area contributed by atoms with Crippen molar-refractivity contribution in [2.75, 3.05) is 19.0 Å². The quantitative estimate of drug-likeness (QED) is 0.710. The normalized spacial score (nSPS) is 10.7. The molecule has 0 aliphatic carbocycles. The van der Waals surface area contributed by atoms with Crippen LogP contribution in [0.1, 0.15) is 0 Å². The van der Waals surface area contributed by atoms with Crippen molar-refractivity contribution in [1.82, 2.24) is 4.57 Å². The molecular weight excluding hydrogens is 248 g/mol. The van der Waals surface area contributed by atoms with Crippen LogP contribution < -0.4 is 10.5 Å². The van der Waals surface area contributed by atoms with Gasteiger partial charge >= 0.3 is 0 Å². The number of fused-ring (bicyclic) bond motifs is 1. The minimum Gasteiger partial charge on any atom is -0.377 e. The van der Waals surface area contributed by atoms with Gasteiger partial charge in [-0.15, -0.1) is 0 Å². The van der Waals surface area contributed by atoms with Crippen LogP contribution in [0.5, 0.6) is 0 Å². The monoisotopic (exact) mass is 264 g/mol. The number of para-hydroxylation sites is 2. The van der Waals surface area contributed by atoms with Crippen LogP contribution in [0.25, 0.3) is 16.6 Å². The molecule has 0 unspecified atom stereocenters. The van der Waals surface area contributed by atoms with Gasteiger partial charge in [-0.2, -0.15) is 0 Å². The van der Waals surface area contributed by atoms with Gasteiger partial charge in [0.2, 0.25) is 0 Å². The fourth-order valence-electron chi connectivity index (χ4n) is 2.48. The second-order valence-electron chi connectivity index (χ2n) is 4.95. The van der Waals surface area contributed by atoms with E-state index in [1.807, 2.05) is 73.6 Å². The lowest BCUT2D eigenvalue weighted by Gasteiger charge is -2.18. The number of pyridine rings is 1. The Morgan fingerprint density at radius 2 is 1.55 bits per heavy atom. The van der Waals surface area contributed by atoms with Gasteiger partial charge < -0.3 is 4.90 Å². The van der Waals surface area contributed by atoms with Crippen molar-refractivity contribution in [2.24, 2.45) is 0 Å². The van der Waals surface area contributed by atoms with Crippen LogP contribution in [-0.2, 0) is 0 Å². The van der Waals surface area contributed by atoms with Crippen LogP contribution >= 0.6 is 0 Å². The summed E-state index contributed by atoms with van der Waals surface area (Å²) < 4.78 is 1.75. The molecule has 20 heavy (non-hydrogen) atoms. The van der Waals surface area contributed by atoms with Gasteiger partial charge in [-0.05, 0) is 18.2 Å². The highest BCUT2D eigenvalue weighted by molar-refractivity contribution is 5.92. The Morgan fingerprint density at radius 3 is 2.25 bits per heavy atom. The van der Waals surface area contributed by atoms with E-state index >= 15 is 0 Å². The van der Waals surface area contributed by atoms with Crippen LogP contribution in [0.4, 0.5) is 5.69 Å². The van der Waals surface area contributed by atoms with Gasteiger partial charge in [0.25, 0.3) is 5.56 Å². The average molecular weight is 264 g/mol. The van der Waals surface area contributed by atoms with E-state index in [2.05, 4.69) is 0 Å². The molecule has 0 N–H and O–H groups in total. The molecule has 1 aromatic heterocycles. The summed E-state index contributed by atoms with van der Waals surface area (Å²) in [5, 5.41) is 1.07. The molecular formula is C17H16N2O. The molecule has 0 bridgehead atoms. The van der Waals surface area contributed by atoms with Crippen molar-refractivity contribution in [3.63, 3.8) is 0 Å². The largest absolute Gasteiger partial charge is 0.377 e. The molecule has 3 heteroatoms. The third kappa shape index (κ3) is 1.97. The number of hydrogen-bond donors (Lipinski definition) is 0. The van der Waals surface area contributed by atoms with Crippen LogP contribution in [0, 0.1) is 0 Å². The van der Waals surface area contributed by atoms with Gasteiger partial charge in [-0.25, -0.2) is 0 Å². The first kappa shape index (κ1) is 12.5. The lowest BCUT2D eigenvalue weighted by Crippen LogP contribution is -2.21. The topological polar surface area (TPSA) is 25.2 Å². The summed E-state index contributed by atoms with van der Waals surface area (Å²) in [7, 11) is 3.90. The van der Waals surface area contributed by atoms with Crippen LogP contribution in [0.15, 0.2) is 65.5 Å². The van der Waals surface area contributed by atoms with Crippen molar-refractivity contribution < 1.29 is 0 Å². The first-order chi connectivity index (χ1) is 9.68. The molecule has 0 atom stereocenters. The van der Waals surface area contributed by atoms with Crippen LogP contribution in [0.3, 0.4) is 0 Å². The van der Waals surface area contributed by atoms with Crippen LogP contribution in [-0.4, -0.2) is 18.7 Å². The van der Waals surface area contributed by atoms with E-state index in [1.54, 1.807) is 10.6 Å². The Balaban J connectivity index is 2.43. The Hall–Kier alpha value is -2.55. The second-order valence-corrected chi connectivity index (χ2v) is 4.95. The van der Waals surface area contributed by atoms with Crippen molar-refractivity contribution in [2.45, 2.75) is 0 Å². The number of anilines is 1. The lowest BCUT2D eigenvalue weighted by atomic mass is 10.1. The molecule has 0 aliphatic heterocycles. The summed E-state index contributed by atoms with van der Waals surface area (Å²) in [6, 6.07) is 19.4. The molecule has 0 spiro atoms. The molecule has 0 saturated carbocycles. The maximum Gasteiger partial charge on any atom is 0.257 e. The highest BCUT2D eigenvalue weighted by Gasteiger charge is 2.10. The summed E-state index contributed by atoms with van der Waals surface area (Å²) in [5.41, 5.74) is 2.74. The fourth-order valence-corrected chi connectivity index (χ4v) is 2.48. The van der Waals surface area contributed by atoms with E-state index in [9.17, 15) is 4.79 Å². The number of aromatic nitrogens is 1. The van der Waals surface area contributed by atoms with Crippen molar-refractivity contribution >= 4 is 16.6 Å². The maximum atomic E-state index is 12.5. The predicted octanol–water partition coefficient (Wildman–Crippen LogP) is 3.06. The van der Waals surface area contributed by atoms with Crippen molar-refractivity contribution in [1.29, 1.82) is 0 Å². The molecule has 0 amide bonds. The Labute approximate surface area is 117 Å². The molecule has 3 nitrogen and oxygen atoms in total. The molecule has 0 saturated heterocycles. The molecule has 3 rings (SSSR count). The highest BCUT2D eigenvalue weighted by Crippen LogP contribution is 2.25. The summed E-state index contributed by atoms with van der Waals surface area (Å²) in [6.45, 7) is 0. The third-order valence-electron chi connectivity index (χ3n) is 3.40.